The fourth-order valence-electron chi connectivity index (χ4n) is 1.60. The van der Waals surface area contributed by atoms with Gasteiger partial charge in [-0.2, -0.15) is 4.98 Å². The lowest BCUT2D eigenvalue weighted by molar-refractivity contribution is 0.263. The minimum atomic E-state index is 0.435. The van der Waals surface area contributed by atoms with Gasteiger partial charge in [0.05, 0.1) is 12.3 Å². The Morgan fingerprint density at radius 2 is 1.95 bits per heavy atom. The molecule has 0 aromatic carbocycles. The van der Waals surface area contributed by atoms with Crippen molar-refractivity contribution in [2.75, 3.05) is 17.7 Å². The van der Waals surface area contributed by atoms with Gasteiger partial charge in [-0.15, -0.1) is 0 Å². The van der Waals surface area contributed by atoms with E-state index in [-0.39, 0.29) is 0 Å². The Kier molecular flexibility index (Phi) is 4.76. The van der Waals surface area contributed by atoms with Crippen LogP contribution in [0.25, 0.3) is 0 Å². The first kappa shape index (κ1) is 14.1. The third kappa shape index (κ3) is 4.12. The largest absolute Gasteiger partial charge is 0.476 e. The van der Waals surface area contributed by atoms with Gasteiger partial charge in [-0.3, -0.25) is 4.98 Å². The first-order chi connectivity index (χ1) is 9.65. The van der Waals surface area contributed by atoms with E-state index in [2.05, 4.69) is 29.1 Å². The van der Waals surface area contributed by atoms with E-state index in [9.17, 15) is 0 Å². The van der Waals surface area contributed by atoms with Crippen molar-refractivity contribution in [3.05, 3.63) is 42.2 Å². The molecule has 0 spiro atoms. The number of hydrogen-bond acceptors (Lipinski definition) is 5. The minimum Gasteiger partial charge on any atom is -0.476 e. The number of rotatable bonds is 6. The SMILES string of the molecule is CC(C)COc1nc(NCc2ccncc2)ccc1N. The Bertz CT molecular complexity index is 543. The highest BCUT2D eigenvalue weighted by Crippen LogP contribution is 2.21. The normalized spacial score (nSPS) is 10.6. The van der Waals surface area contributed by atoms with Crippen molar-refractivity contribution >= 4 is 11.5 Å². The summed E-state index contributed by atoms with van der Waals surface area (Å²) in [6, 6.07) is 7.57. The van der Waals surface area contributed by atoms with E-state index < -0.39 is 0 Å². The van der Waals surface area contributed by atoms with Crippen molar-refractivity contribution in [3.8, 4) is 5.88 Å². The van der Waals surface area contributed by atoms with E-state index in [0.29, 0.717) is 30.6 Å². The summed E-state index contributed by atoms with van der Waals surface area (Å²) in [7, 11) is 0. The predicted octanol–water partition coefficient (Wildman–Crippen LogP) is 2.71. The summed E-state index contributed by atoms with van der Waals surface area (Å²) in [5.74, 6) is 1.66. The first-order valence-electron chi connectivity index (χ1n) is 6.67. The van der Waals surface area contributed by atoms with E-state index in [1.165, 1.54) is 0 Å². The lowest BCUT2D eigenvalue weighted by atomic mass is 10.2. The van der Waals surface area contributed by atoms with E-state index in [1.54, 1.807) is 18.5 Å². The van der Waals surface area contributed by atoms with Crippen LogP contribution in [0.15, 0.2) is 36.7 Å². The molecule has 2 aromatic heterocycles. The zero-order valence-electron chi connectivity index (χ0n) is 11.8. The quantitative estimate of drug-likeness (QED) is 0.845. The monoisotopic (exact) mass is 272 g/mol. The molecule has 0 aliphatic rings. The zero-order valence-corrected chi connectivity index (χ0v) is 11.8. The summed E-state index contributed by atoms with van der Waals surface area (Å²) in [5.41, 5.74) is 7.56. The van der Waals surface area contributed by atoms with Crippen LogP contribution in [-0.4, -0.2) is 16.6 Å². The molecule has 5 heteroatoms. The van der Waals surface area contributed by atoms with Crippen LogP contribution in [0.2, 0.25) is 0 Å². The molecule has 0 aliphatic heterocycles. The number of anilines is 2. The van der Waals surface area contributed by atoms with Crippen LogP contribution in [0.3, 0.4) is 0 Å². The molecule has 5 nitrogen and oxygen atoms in total. The van der Waals surface area contributed by atoms with Crippen LogP contribution >= 0.6 is 0 Å². The summed E-state index contributed by atoms with van der Waals surface area (Å²) in [4.78, 5) is 8.37. The van der Waals surface area contributed by atoms with Crippen molar-refractivity contribution in [2.45, 2.75) is 20.4 Å². The minimum absolute atomic E-state index is 0.435. The fraction of sp³-hybridized carbons (Fsp3) is 0.333. The molecule has 106 valence electrons. The van der Waals surface area contributed by atoms with Gasteiger partial charge in [0, 0.05) is 18.9 Å². The third-order valence-corrected chi connectivity index (χ3v) is 2.67. The number of nitrogen functional groups attached to an aromatic ring is 1. The van der Waals surface area contributed by atoms with Gasteiger partial charge in [-0.05, 0) is 35.7 Å². The molecule has 0 bridgehead atoms. The molecule has 2 rings (SSSR count). The van der Waals surface area contributed by atoms with Crippen molar-refractivity contribution in [1.29, 1.82) is 0 Å². The lowest BCUT2D eigenvalue weighted by Crippen LogP contribution is -2.09. The van der Waals surface area contributed by atoms with E-state index >= 15 is 0 Å². The maximum atomic E-state index is 5.86. The van der Waals surface area contributed by atoms with Crippen molar-refractivity contribution in [1.82, 2.24) is 9.97 Å². The fourth-order valence-corrected chi connectivity index (χ4v) is 1.60. The third-order valence-electron chi connectivity index (χ3n) is 2.67. The van der Waals surface area contributed by atoms with Crippen LogP contribution in [0.4, 0.5) is 11.5 Å². The van der Waals surface area contributed by atoms with Crippen LogP contribution in [0.1, 0.15) is 19.4 Å². The molecular formula is C15H20N4O. The summed E-state index contributed by atoms with van der Waals surface area (Å²) in [6.45, 7) is 5.46. The molecule has 0 saturated carbocycles. The number of nitrogens with two attached hydrogens (primary N) is 1. The number of nitrogens with one attached hydrogen (secondary N) is 1. The summed E-state index contributed by atoms with van der Waals surface area (Å²) in [5, 5.41) is 3.24. The molecule has 2 aromatic rings. The van der Waals surface area contributed by atoms with E-state index in [1.807, 2.05) is 18.2 Å². The standard InChI is InChI=1S/C15H20N4O/c1-11(2)10-20-15-13(16)3-4-14(19-15)18-9-12-5-7-17-8-6-12/h3-8,11H,9-10,16H2,1-2H3,(H,18,19). The average Bonchev–Trinajstić information content (AvgIpc) is 2.46. The Morgan fingerprint density at radius 1 is 1.20 bits per heavy atom. The molecule has 0 saturated heterocycles. The second kappa shape index (κ2) is 6.75. The van der Waals surface area contributed by atoms with Gasteiger partial charge in [0.15, 0.2) is 0 Å². The first-order valence-corrected chi connectivity index (χ1v) is 6.67. The number of pyridine rings is 2. The van der Waals surface area contributed by atoms with Gasteiger partial charge in [-0.1, -0.05) is 13.8 Å². The van der Waals surface area contributed by atoms with Gasteiger partial charge in [0.1, 0.15) is 5.82 Å². The van der Waals surface area contributed by atoms with Gasteiger partial charge in [0.25, 0.3) is 0 Å². The second-order valence-corrected chi connectivity index (χ2v) is 5.00. The van der Waals surface area contributed by atoms with Crippen molar-refractivity contribution in [2.24, 2.45) is 5.92 Å². The molecule has 0 fully saturated rings. The predicted molar refractivity (Wildman–Crippen MR) is 80.5 cm³/mol. The molecule has 0 amide bonds. The maximum absolute atomic E-state index is 5.86. The molecule has 20 heavy (non-hydrogen) atoms. The Morgan fingerprint density at radius 3 is 2.65 bits per heavy atom. The molecule has 0 atom stereocenters. The van der Waals surface area contributed by atoms with Crippen molar-refractivity contribution < 1.29 is 4.74 Å². The number of nitrogens with zero attached hydrogens (tertiary/aromatic N) is 2. The second-order valence-electron chi connectivity index (χ2n) is 5.00. The molecular weight excluding hydrogens is 252 g/mol. The van der Waals surface area contributed by atoms with Crippen molar-refractivity contribution in [3.63, 3.8) is 0 Å². The average molecular weight is 272 g/mol. The molecule has 0 radical (unpaired) electrons. The van der Waals surface area contributed by atoms with Gasteiger partial charge < -0.3 is 15.8 Å². The van der Waals surface area contributed by atoms with E-state index in [4.69, 9.17) is 10.5 Å². The smallest absolute Gasteiger partial charge is 0.239 e. The molecule has 2 heterocycles. The topological polar surface area (TPSA) is 73.1 Å². The lowest BCUT2D eigenvalue weighted by Gasteiger charge is -2.12. The molecule has 0 aliphatic carbocycles. The Balaban J connectivity index is 2.00. The number of hydrogen-bond donors (Lipinski definition) is 2. The Hall–Kier alpha value is -2.30. The highest BCUT2D eigenvalue weighted by atomic mass is 16.5. The Labute approximate surface area is 119 Å². The number of aromatic nitrogens is 2. The molecule has 0 unspecified atom stereocenters. The maximum Gasteiger partial charge on any atom is 0.239 e. The van der Waals surface area contributed by atoms with Gasteiger partial charge >= 0.3 is 0 Å². The van der Waals surface area contributed by atoms with Crippen LogP contribution in [0, 0.1) is 5.92 Å². The summed E-state index contributed by atoms with van der Waals surface area (Å²) >= 11 is 0. The highest BCUT2D eigenvalue weighted by molar-refractivity contribution is 5.53. The number of ether oxygens (including phenoxy) is 1. The van der Waals surface area contributed by atoms with Crippen LogP contribution < -0.4 is 15.8 Å². The summed E-state index contributed by atoms with van der Waals surface area (Å²) in [6.07, 6.45) is 3.54. The molecule has 3 N–H and O–H groups in total. The van der Waals surface area contributed by atoms with Gasteiger partial charge in [-0.25, -0.2) is 0 Å². The highest BCUT2D eigenvalue weighted by Gasteiger charge is 2.05. The summed E-state index contributed by atoms with van der Waals surface area (Å²) < 4.78 is 5.60. The van der Waals surface area contributed by atoms with Crippen LogP contribution in [0.5, 0.6) is 5.88 Å². The van der Waals surface area contributed by atoms with Crippen LogP contribution in [-0.2, 0) is 6.54 Å². The van der Waals surface area contributed by atoms with E-state index in [0.717, 1.165) is 11.4 Å². The van der Waals surface area contributed by atoms with Gasteiger partial charge in [0.2, 0.25) is 5.88 Å². The zero-order chi connectivity index (χ0) is 14.4.